The molecular weight excluding hydrogens is 615 g/mol. The van der Waals surface area contributed by atoms with Crippen molar-refractivity contribution in [1.82, 2.24) is 43.4 Å². The van der Waals surface area contributed by atoms with Crippen molar-refractivity contribution in [1.29, 1.82) is 0 Å². The van der Waals surface area contributed by atoms with Gasteiger partial charge in [-0.15, -0.1) is 0 Å². The molecular formula is C21H33B2CuF8N9. The zero-order valence-electron chi connectivity index (χ0n) is 22.8. The zero-order chi connectivity index (χ0) is 29.9. The van der Waals surface area contributed by atoms with Crippen molar-refractivity contribution in [3.8, 4) is 0 Å². The van der Waals surface area contributed by atoms with Crippen LogP contribution in [0.4, 0.5) is 34.5 Å². The zero-order valence-corrected chi connectivity index (χ0v) is 23.8. The summed E-state index contributed by atoms with van der Waals surface area (Å²) >= 11 is 0. The van der Waals surface area contributed by atoms with E-state index in [9.17, 15) is 34.5 Å². The Labute approximate surface area is 244 Å². The Kier molecular flexibility index (Phi) is 15.1. The molecule has 4 rings (SSSR count). The summed E-state index contributed by atoms with van der Waals surface area (Å²) in [6.07, 6.45) is 11.7. The number of rotatable bonds is 6. The fraction of sp³-hybridized carbons (Fsp3) is 0.571. The third kappa shape index (κ3) is 16.0. The van der Waals surface area contributed by atoms with Gasteiger partial charge in [0.1, 0.15) is 17.5 Å². The number of nitrogens with zero attached hydrogens (tertiary/aromatic N) is 9. The van der Waals surface area contributed by atoms with Crippen LogP contribution in [0, 0.1) is 0 Å². The number of aryl methyl sites for hydroxylation is 3. The van der Waals surface area contributed by atoms with Crippen molar-refractivity contribution >= 4 is 14.5 Å². The van der Waals surface area contributed by atoms with Crippen molar-refractivity contribution in [2.75, 3.05) is 39.3 Å². The first-order chi connectivity index (χ1) is 18.6. The van der Waals surface area contributed by atoms with Crippen molar-refractivity contribution in [2.45, 2.75) is 19.6 Å². The summed E-state index contributed by atoms with van der Waals surface area (Å²) < 4.78 is 84.3. The summed E-state index contributed by atoms with van der Waals surface area (Å²) in [4.78, 5) is 21.2. The Balaban J connectivity index is 0.000000661. The van der Waals surface area contributed by atoms with E-state index in [-0.39, 0.29) is 17.1 Å². The average molecular weight is 649 g/mol. The van der Waals surface area contributed by atoms with Gasteiger partial charge in [0, 0.05) is 97.6 Å². The molecule has 0 saturated carbocycles. The van der Waals surface area contributed by atoms with E-state index < -0.39 is 14.5 Å². The molecule has 1 saturated heterocycles. The first kappa shape index (κ1) is 36.6. The molecule has 0 spiro atoms. The summed E-state index contributed by atoms with van der Waals surface area (Å²) in [6, 6.07) is 0. The van der Waals surface area contributed by atoms with Crippen LogP contribution in [-0.2, 0) is 57.8 Å². The van der Waals surface area contributed by atoms with Crippen LogP contribution in [0.25, 0.3) is 0 Å². The normalized spacial score (nSPS) is 15.9. The van der Waals surface area contributed by atoms with Crippen LogP contribution in [0.15, 0.2) is 37.2 Å². The summed E-state index contributed by atoms with van der Waals surface area (Å²) in [5, 5.41) is 0. The molecule has 0 atom stereocenters. The van der Waals surface area contributed by atoms with Gasteiger partial charge in [-0.1, -0.05) is 0 Å². The molecule has 0 N–H and O–H groups in total. The molecule has 3 aromatic rings. The molecule has 0 aromatic carbocycles. The third-order valence-corrected chi connectivity index (χ3v) is 6.06. The molecule has 0 amide bonds. The summed E-state index contributed by atoms with van der Waals surface area (Å²) in [5.74, 6) is 3.33. The minimum atomic E-state index is -6.00. The minimum Gasteiger partial charge on any atom is -0.418 e. The van der Waals surface area contributed by atoms with Crippen LogP contribution < -0.4 is 0 Å². The molecule has 1 radical (unpaired) electrons. The van der Waals surface area contributed by atoms with Crippen molar-refractivity contribution in [3.63, 3.8) is 0 Å². The van der Waals surface area contributed by atoms with Gasteiger partial charge < -0.3 is 48.2 Å². The maximum Gasteiger partial charge on any atom is 2.00 e. The molecule has 0 unspecified atom stereocenters. The topological polar surface area (TPSA) is 63.2 Å². The van der Waals surface area contributed by atoms with Crippen LogP contribution in [-0.4, -0.2) is 97.1 Å². The van der Waals surface area contributed by atoms with E-state index in [0.29, 0.717) is 0 Å². The number of hydrogen-bond donors (Lipinski definition) is 0. The van der Waals surface area contributed by atoms with E-state index >= 15 is 0 Å². The van der Waals surface area contributed by atoms with E-state index in [1.807, 2.05) is 37.2 Å². The van der Waals surface area contributed by atoms with Crippen molar-refractivity contribution < 1.29 is 51.6 Å². The Hall–Kier alpha value is -2.40. The number of hydrogen-bond acceptors (Lipinski definition) is 6. The van der Waals surface area contributed by atoms with Gasteiger partial charge in [0.2, 0.25) is 0 Å². The summed E-state index contributed by atoms with van der Waals surface area (Å²) in [7, 11) is -5.79. The number of halogens is 8. The van der Waals surface area contributed by atoms with Crippen LogP contribution in [0.5, 0.6) is 0 Å². The maximum absolute atomic E-state index is 9.75. The van der Waals surface area contributed by atoms with E-state index in [2.05, 4.69) is 64.5 Å². The van der Waals surface area contributed by atoms with E-state index in [1.54, 1.807) is 0 Å². The van der Waals surface area contributed by atoms with Crippen molar-refractivity contribution in [3.05, 3.63) is 54.7 Å². The molecule has 3 aromatic heterocycles. The van der Waals surface area contributed by atoms with Crippen molar-refractivity contribution in [2.24, 2.45) is 21.1 Å². The minimum absolute atomic E-state index is 0. The smallest absolute Gasteiger partial charge is 0.418 e. The van der Waals surface area contributed by atoms with Gasteiger partial charge in [-0.25, -0.2) is 15.0 Å². The van der Waals surface area contributed by atoms with Crippen LogP contribution in [0.2, 0.25) is 0 Å². The Morgan fingerprint density at radius 1 is 0.512 bits per heavy atom. The number of imidazole rings is 3. The second-order valence-corrected chi connectivity index (χ2v) is 9.18. The van der Waals surface area contributed by atoms with Crippen LogP contribution in [0.1, 0.15) is 17.5 Å². The quantitative estimate of drug-likeness (QED) is 0.302. The molecule has 0 bridgehead atoms. The van der Waals surface area contributed by atoms with Crippen LogP contribution >= 0.6 is 0 Å². The molecule has 0 aliphatic carbocycles. The fourth-order valence-corrected chi connectivity index (χ4v) is 3.90. The standard InChI is InChI=1S/C21H33N9.2BF4.Cu/c1-25-7-4-22-19(25)16-28-10-12-29(17-20-23-5-8-26(20)2)14-15-30(13-11-28)18-21-24-6-9-27(21)3;2*2-1(3,4)5;/h4-9H,10-18H2,1-3H3;;;/q;2*-1;+2. The molecule has 9 nitrogen and oxygen atoms in total. The molecule has 1 aliphatic heterocycles. The molecule has 4 heterocycles. The van der Waals surface area contributed by atoms with Gasteiger partial charge in [-0.05, 0) is 0 Å². The SMILES string of the molecule is Cn1ccnc1CN1CCN(Cc2nccn2C)CCN(Cc2nccn2C)CC1.F[B-](F)(F)F.F[B-](F)(F)F.[Cu+2]. The Morgan fingerprint density at radius 2 is 0.707 bits per heavy atom. The van der Waals surface area contributed by atoms with Gasteiger partial charge in [-0.3, -0.25) is 14.7 Å². The predicted octanol–water partition coefficient (Wildman–Crippen LogP) is 3.30. The first-order valence-corrected chi connectivity index (χ1v) is 12.4. The molecule has 1 fully saturated rings. The monoisotopic (exact) mass is 648 g/mol. The molecule has 1 aliphatic rings. The summed E-state index contributed by atoms with van der Waals surface area (Å²) in [6.45, 7) is 8.74. The Bertz CT molecular complexity index is 983. The van der Waals surface area contributed by atoms with Gasteiger partial charge in [0.25, 0.3) is 0 Å². The molecule has 20 heteroatoms. The molecule has 235 valence electrons. The van der Waals surface area contributed by atoms with E-state index in [1.165, 1.54) is 0 Å². The number of aromatic nitrogens is 6. The average Bonchev–Trinajstić information content (AvgIpc) is 3.53. The fourth-order valence-electron chi connectivity index (χ4n) is 3.90. The first-order valence-electron chi connectivity index (χ1n) is 12.4. The van der Waals surface area contributed by atoms with Gasteiger partial charge in [0.15, 0.2) is 0 Å². The predicted molar refractivity (Wildman–Crippen MR) is 136 cm³/mol. The summed E-state index contributed by atoms with van der Waals surface area (Å²) in [5.41, 5.74) is 0. The second kappa shape index (κ2) is 16.9. The third-order valence-electron chi connectivity index (χ3n) is 6.06. The van der Waals surface area contributed by atoms with E-state index in [0.717, 1.165) is 76.4 Å². The maximum atomic E-state index is 9.75. The van der Waals surface area contributed by atoms with Gasteiger partial charge in [0.05, 0.1) is 19.6 Å². The second-order valence-electron chi connectivity index (χ2n) is 9.18. The van der Waals surface area contributed by atoms with E-state index in [4.69, 9.17) is 0 Å². The van der Waals surface area contributed by atoms with Gasteiger partial charge in [-0.2, -0.15) is 0 Å². The Morgan fingerprint density at radius 3 is 0.854 bits per heavy atom. The largest absolute Gasteiger partial charge is 2.00 e. The van der Waals surface area contributed by atoms with Gasteiger partial charge >= 0.3 is 31.6 Å². The molecule has 41 heavy (non-hydrogen) atoms. The van der Waals surface area contributed by atoms with Crippen LogP contribution in [0.3, 0.4) is 0 Å².